The molecule has 0 saturated heterocycles. The molecule has 0 rings (SSSR count). The highest BCUT2D eigenvalue weighted by Crippen LogP contribution is 1.81. The van der Waals surface area contributed by atoms with Crippen molar-refractivity contribution in [2.75, 3.05) is 13.2 Å². The second kappa shape index (κ2) is 5.19. The summed E-state index contributed by atoms with van der Waals surface area (Å²) in [4.78, 5) is 20.6. The molecule has 1 atom stereocenters. The van der Waals surface area contributed by atoms with Crippen molar-refractivity contribution in [3.05, 3.63) is 5.53 Å². The van der Waals surface area contributed by atoms with Crippen molar-refractivity contribution in [2.24, 2.45) is 5.73 Å². The number of rotatable bonds is 5. The Morgan fingerprint density at radius 2 is 2.25 bits per heavy atom. The van der Waals surface area contributed by atoms with Crippen LogP contribution in [0.3, 0.4) is 0 Å². The van der Waals surface area contributed by atoms with E-state index in [2.05, 4.69) is 4.74 Å². The summed E-state index contributed by atoms with van der Waals surface area (Å²) >= 11 is 0. The number of carbonyl (C=O) groups excluding carboxylic acids is 1. The molecule has 0 heterocycles. The number of nitrogens with zero attached hydrogens (tertiary/aromatic N) is 1. The molecule has 0 fully saturated rings. The Labute approximate surface area is 68.0 Å². The predicted octanol–water partition coefficient (Wildman–Crippen LogP) is -2.96. The third-order valence-corrected chi connectivity index (χ3v) is 0.964. The van der Waals surface area contributed by atoms with Gasteiger partial charge in [0.15, 0.2) is 0 Å². The molecule has 0 bridgehead atoms. The van der Waals surface area contributed by atoms with Crippen LogP contribution in [0.5, 0.6) is 0 Å². The van der Waals surface area contributed by atoms with Crippen molar-refractivity contribution in [1.29, 1.82) is 0 Å². The van der Waals surface area contributed by atoms with Gasteiger partial charge in [0.1, 0.15) is 12.6 Å². The number of carboxylic acid groups (broad SMARTS) is 1. The highest BCUT2D eigenvalue weighted by Gasteiger charge is 2.14. The van der Waals surface area contributed by atoms with Gasteiger partial charge in [-0.1, -0.05) is 0 Å². The smallest absolute Gasteiger partial charge is 0.371 e. The number of carboxylic acids is 1. The Kier molecular flexibility index (Phi) is 4.54. The quantitative estimate of drug-likeness (QED) is 0.304. The largest absolute Gasteiger partial charge is 0.508 e. The Balaban J connectivity index is 3.60. The van der Waals surface area contributed by atoms with Gasteiger partial charge in [-0.2, -0.15) is 0 Å². The zero-order valence-electron chi connectivity index (χ0n) is 6.19. The molecular formula is C5H9N3O4. The first-order valence-corrected chi connectivity index (χ1v) is 3.09. The Bertz CT molecular complexity index is 193. The molecule has 7 heteroatoms. The van der Waals surface area contributed by atoms with Crippen molar-refractivity contribution in [1.82, 2.24) is 0 Å². The molecule has 0 spiro atoms. The summed E-state index contributed by atoms with van der Waals surface area (Å²) in [5.74, 6) is -2.02. The van der Waals surface area contributed by atoms with Crippen LogP contribution in [0.1, 0.15) is 0 Å². The molecule has 4 N–H and O–H groups in total. The van der Waals surface area contributed by atoms with Gasteiger partial charge in [-0.05, 0) is 0 Å². The Morgan fingerprint density at radius 3 is 2.67 bits per heavy atom. The molecule has 0 aliphatic rings. The molecule has 7 nitrogen and oxygen atoms in total. The average Bonchev–Trinajstić information content (AvgIpc) is 2.00. The zero-order chi connectivity index (χ0) is 9.56. The van der Waals surface area contributed by atoms with Gasteiger partial charge in [0.25, 0.3) is 0 Å². The molecule has 0 amide bonds. The number of carbonyl (C=O) groups is 2. The standard InChI is InChI=1S/C5H9N3O4/c6-3(5(10)11)2-12-4(9)1-8-7/h3,8H,1-2,6H2,(H,10,11). The van der Waals surface area contributed by atoms with E-state index in [1.165, 1.54) is 0 Å². The van der Waals surface area contributed by atoms with Crippen molar-refractivity contribution >= 4 is 11.9 Å². The van der Waals surface area contributed by atoms with Crippen LogP contribution in [0.15, 0.2) is 0 Å². The van der Waals surface area contributed by atoms with Crippen molar-refractivity contribution in [3.63, 3.8) is 0 Å². The maximum atomic E-state index is 10.5. The summed E-state index contributed by atoms with van der Waals surface area (Å²) in [5.41, 5.74) is 13.0. The van der Waals surface area contributed by atoms with E-state index in [1.807, 2.05) is 0 Å². The molecule has 1 unspecified atom stereocenters. The van der Waals surface area contributed by atoms with Crippen LogP contribution < -0.4 is 10.8 Å². The van der Waals surface area contributed by atoms with Gasteiger partial charge in [0.05, 0.1) is 0 Å². The van der Waals surface area contributed by atoms with Crippen LogP contribution in [0.4, 0.5) is 0 Å². The third-order valence-electron chi connectivity index (χ3n) is 0.964. The lowest BCUT2D eigenvalue weighted by Crippen LogP contribution is -2.66. The van der Waals surface area contributed by atoms with Gasteiger partial charge in [0, 0.05) is 0 Å². The minimum atomic E-state index is -1.25. The lowest BCUT2D eigenvalue weighted by Gasteiger charge is -2.05. The predicted molar refractivity (Wildman–Crippen MR) is 35.8 cm³/mol. The summed E-state index contributed by atoms with van der Waals surface area (Å²) in [7, 11) is 0. The summed E-state index contributed by atoms with van der Waals surface area (Å²) in [6.07, 6.45) is 0. The van der Waals surface area contributed by atoms with E-state index < -0.39 is 31.1 Å². The van der Waals surface area contributed by atoms with E-state index in [0.717, 1.165) is 0 Å². The Morgan fingerprint density at radius 1 is 1.67 bits per heavy atom. The highest BCUT2D eigenvalue weighted by atomic mass is 16.5. The molecule has 0 aliphatic carbocycles. The molecule has 0 saturated carbocycles. The van der Waals surface area contributed by atoms with Gasteiger partial charge in [-0.15, -0.1) is 0 Å². The Hall–Kier alpha value is -1.50. The number of hydrogen-bond acceptors (Lipinski definition) is 4. The molecule has 0 aromatic carbocycles. The fourth-order valence-corrected chi connectivity index (χ4v) is 0.370. The summed E-state index contributed by atoms with van der Waals surface area (Å²) in [6, 6.07) is -1.23. The van der Waals surface area contributed by atoms with Crippen molar-refractivity contribution < 1.29 is 24.5 Å². The summed E-state index contributed by atoms with van der Waals surface area (Å²) < 4.78 is 4.34. The zero-order valence-corrected chi connectivity index (χ0v) is 6.19. The van der Waals surface area contributed by atoms with Gasteiger partial charge in [-0.25, -0.2) is 4.79 Å². The molecule has 0 radical (unpaired) electrons. The lowest BCUT2D eigenvalue weighted by atomic mass is 10.3. The van der Waals surface area contributed by atoms with Gasteiger partial charge in [-0.3, -0.25) is 4.79 Å². The van der Waals surface area contributed by atoms with E-state index in [4.69, 9.17) is 16.4 Å². The number of nitrogens with two attached hydrogens (primary N) is 1. The van der Waals surface area contributed by atoms with E-state index in [1.54, 1.807) is 5.11 Å². The molecular weight excluding hydrogens is 166 g/mol. The van der Waals surface area contributed by atoms with Crippen LogP contribution in [0, 0.1) is 0 Å². The normalized spacial score (nSPS) is 11.8. The molecule has 0 aliphatic heterocycles. The maximum absolute atomic E-state index is 10.5. The first-order valence-electron chi connectivity index (χ1n) is 3.09. The first-order chi connectivity index (χ1) is 5.57. The molecule has 68 valence electrons. The van der Waals surface area contributed by atoms with E-state index >= 15 is 0 Å². The third kappa shape index (κ3) is 4.34. The second-order valence-electron chi connectivity index (χ2n) is 1.96. The number of ether oxygens (including phenoxy) is 1. The SMILES string of the molecule is [N-]=[NH+]CC(=O)OCC(N)C(=O)O. The number of hydrogen-bond donors (Lipinski definition) is 3. The monoisotopic (exact) mass is 175 g/mol. The van der Waals surface area contributed by atoms with Crippen LogP contribution in [-0.2, 0) is 14.3 Å². The number of esters is 1. The van der Waals surface area contributed by atoms with Gasteiger partial charge in [0.2, 0.25) is 6.54 Å². The van der Waals surface area contributed by atoms with Crippen molar-refractivity contribution in [2.45, 2.75) is 6.04 Å². The molecule has 0 aromatic heterocycles. The minimum Gasteiger partial charge on any atom is -0.508 e. The number of aliphatic carboxylic acids is 1. The summed E-state index contributed by atoms with van der Waals surface area (Å²) in [5, 5.41) is 9.80. The average molecular weight is 175 g/mol. The fourth-order valence-electron chi connectivity index (χ4n) is 0.370. The fraction of sp³-hybridized carbons (Fsp3) is 0.600. The van der Waals surface area contributed by atoms with Crippen LogP contribution in [-0.4, -0.2) is 36.2 Å². The topological polar surface area (TPSA) is 126 Å². The van der Waals surface area contributed by atoms with E-state index in [-0.39, 0.29) is 0 Å². The van der Waals surface area contributed by atoms with E-state index in [9.17, 15) is 9.59 Å². The van der Waals surface area contributed by atoms with Crippen LogP contribution in [0.25, 0.3) is 5.53 Å². The highest BCUT2D eigenvalue weighted by molar-refractivity contribution is 5.74. The lowest BCUT2D eigenvalue weighted by molar-refractivity contribution is -0.470. The summed E-state index contributed by atoms with van der Waals surface area (Å²) in [6.45, 7) is -0.803. The van der Waals surface area contributed by atoms with Crippen molar-refractivity contribution in [3.8, 4) is 0 Å². The van der Waals surface area contributed by atoms with Gasteiger partial charge < -0.3 is 26.2 Å². The van der Waals surface area contributed by atoms with Gasteiger partial charge >= 0.3 is 11.9 Å². The molecule has 12 heavy (non-hydrogen) atoms. The van der Waals surface area contributed by atoms with E-state index in [0.29, 0.717) is 0 Å². The van der Waals surface area contributed by atoms with Crippen LogP contribution >= 0.6 is 0 Å². The minimum absolute atomic E-state index is 0.396. The number of nitrogens with one attached hydrogen (secondary N) is 1. The first kappa shape index (κ1) is 10.5. The van der Waals surface area contributed by atoms with Crippen LogP contribution in [0.2, 0.25) is 0 Å². The second-order valence-corrected chi connectivity index (χ2v) is 1.96. The maximum Gasteiger partial charge on any atom is 0.371 e. The molecule has 0 aromatic rings.